The van der Waals surface area contributed by atoms with Crippen molar-refractivity contribution >= 4 is 5.97 Å². The molecule has 0 atom stereocenters. The molecule has 9 heavy (non-hydrogen) atoms. The second-order valence-electron chi connectivity index (χ2n) is 1.43. The summed E-state index contributed by atoms with van der Waals surface area (Å²) in [6, 6.07) is 1.49. The van der Waals surface area contributed by atoms with Crippen molar-refractivity contribution in [2.75, 3.05) is 7.11 Å². The molecule has 3 heteroatoms. The monoisotopic (exact) mass is 125 g/mol. The van der Waals surface area contributed by atoms with E-state index in [9.17, 15) is 4.79 Å². The van der Waals surface area contributed by atoms with E-state index in [-0.39, 0.29) is 0 Å². The fourth-order valence-corrected chi connectivity index (χ4v) is 0.453. The first-order valence-corrected chi connectivity index (χ1v) is 2.38. The molecule has 0 aliphatic rings. The predicted molar refractivity (Wildman–Crippen MR) is 28.9 cm³/mol. The first kappa shape index (κ1) is 5.88. The van der Waals surface area contributed by atoms with E-state index in [4.69, 9.17) is 0 Å². The molecular weight excluding hydrogens is 120 g/mol. The van der Waals surface area contributed by atoms with Gasteiger partial charge in [-0.15, -0.1) is 0 Å². The Balaban J connectivity index is 2.77. The van der Waals surface area contributed by atoms with Crippen LogP contribution in [0.1, 0.15) is 10.4 Å². The first-order valence-electron chi connectivity index (χ1n) is 2.38. The van der Waals surface area contributed by atoms with E-state index in [1.54, 1.807) is 0 Å². The van der Waals surface area contributed by atoms with Gasteiger partial charge in [-0.1, -0.05) is 0 Å². The van der Waals surface area contributed by atoms with Crippen molar-refractivity contribution in [1.82, 2.24) is 0 Å². The Labute approximate surface area is 52.2 Å². The number of rotatable bonds is 1. The number of hydrogen-bond donors (Lipinski definition) is 0. The summed E-state index contributed by atoms with van der Waals surface area (Å²) in [5.74, 6) is -0.427. The van der Waals surface area contributed by atoms with Crippen molar-refractivity contribution < 1.29 is 13.9 Å². The highest BCUT2D eigenvalue weighted by molar-refractivity contribution is 5.88. The summed E-state index contributed by atoms with van der Waals surface area (Å²) in [6.07, 6.45) is 3.71. The maximum Gasteiger partial charge on any atom is 0.341 e. The summed E-state index contributed by atoms with van der Waals surface area (Å²) in [7, 11) is 1.31. The fraction of sp³-hybridized carbons (Fsp3) is 0.167. The lowest BCUT2D eigenvalue weighted by atomic mass is 10.4. The second-order valence-corrected chi connectivity index (χ2v) is 1.43. The minimum atomic E-state index is -0.427. The van der Waals surface area contributed by atoms with Crippen LogP contribution in [-0.2, 0) is 4.74 Å². The smallest absolute Gasteiger partial charge is 0.341 e. The van der Waals surface area contributed by atoms with E-state index in [1.807, 2.05) is 0 Å². The molecule has 0 amide bonds. The highest BCUT2D eigenvalue weighted by Crippen LogP contribution is 1.99. The molecule has 47 valence electrons. The first-order chi connectivity index (χ1) is 4.34. The van der Waals surface area contributed by atoms with Crippen molar-refractivity contribution in [3.63, 3.8) is 0 Å². The standard InChI is InChI=1S/C6H5O3/c1-8-6(7)5-2-3-9-4-5/h2-3H,1H3. The Hall–Kier alpha value is -1.25. The summed E-state index contributed by atoms with van der Waals surface area (Å²) in [4.78, 5) is 10.6. The third kappa shape index (κ3) is 1.10. The molecule has 0 saturated heterocycles. The minimum Gasteiger partial charge on any atom is -0.465 e. The van der Waals surface area contributed by atoms with Crippen LogP contribution < -0.4 is 0 Å². The molecule has 1 aromatic rings. The number of esters is 1. The summed E-state index contributed by atoms with van der Waals surface area (Å²) < 4.78 is 8.88. The Morgan fingerprint density at radius 3 is 3.11 bits per heavy atom. The molecule has 3 nitrogen and oxygen atoms in total. The molecule has 0 aromatic carbocycles. The van der Waals surface area contributed by atoms with E-state index < -0.39 is 5.97 Å². The zero-order chi connectivity index (χ0) is 6.69. The van der Waals surface area contributed by atoms with Gasteiger partial charge in [0.1, 0.15) is 5.56 Å². The van der Waals surface area contributed by atoms with E-state index in [2.05, 4.69) is 15.4 Å². The number of hydrogen-bond acceptors (Lipinski definition) is 3. The van der Waals surface area contributed by atoms with Crippen molar-refractivity contribution in [1.29, 1.82) is 0 Å². The van der Waals surface area contributed by atoms with Crippen molar-refractivity contribution in [3.8, 4) is 0 Å². The molecule has 0 aliphatic carbocycles. The average molecular weight is 125 g/mol. The Morgan fingerprint density at radius 2 is 2.67 bits per heavy atom. The summed E-state index contributed by atoms with van der Waals surface area (Å²) in [5, 5.41) is 0. The highest BCUT2D eigenvalue weighted by atomic mass is 16.5. The number of carbonyl (C=O) groups excluding carboxylic acids is 1. The van der Waals surface area contributed by atoms with E-state index >= 15 is 0 Å². The van der Waals surface area contributed by atoms with E-state index in [0.29, 0.717) is 5.56 Å². The Kier molecular flexibility index (Phi) is 1.53. The van der Waals surface area contributed by atoms with Gasteiger partial charge in [-0.25, -0.2) is 4.79 Å². The highest BCUT2D eigenvalue weighted by Gasteiger charge is 2.04. The molecular formula is C6H5O3. The molecule has 1 radical (unpaired) electrons. The quantitative estimate of drug-likeness (QED) is 0.522. The van der Waals surface area contributed by atoms with Gasteiger partial charge in [0.15, 0.2) is 6.26 Å². The lowest BCUT2D eigenvalue weighted by Crippen LogP contribution is -1.98. The second kappa shape index (κ2) is 2.35. The fourth-order valence-electron chi connectivity index (χ4n) is 0.453. The van der Waals surface area contributed by atoms with Crippen LogP contribution in [-0.4, -0.2) is 13.1 Å². The SMILES string of the molecule is COC(=O)c1[c]occ1. The average Bonchev–Trinajstić information content (AvgIpc) is 2.37. The van der Waals surface area contributed by atoms with E-state index in [1.165, 1.54) is 19.4 Å². The van der Waals surface area contributed by atoms with Gasteiger partial charge in [0.05, 0.1) is 13.4 Å². The van der Waals surface area contributed by atoms with Gasteiger partial charge < -0.3 is 9.15 Å². The number of methoxy groups -OCH3 is 1. The largest absolute Gasteiger partial charge is 0.465 e. The molecule has 1 rings (SSSR count). The Bertz CT molecular complexity index is 188. The van der Waals surface area contributed by atoms with Crippen molar-refractivity contribution in [2.24, 2.45) is 0 Å². The zero-order valence-electron chi connectivity index (χ0n) is 4.88. The van der Waals surface area contributed by atoms with Crippen LogP contribution in [0.4, 0.5) is 0 Å². The van der Waals surface area contributed by atoms with Crippen LogP contribution in [0.3, 0.4) is 0 Å². The van der Waals surface area contributed by atoms with Gasteiger partial charge in [-0.3, -0.25) is 0 Å². The normalized spacial score (nSPS) is 9.00. The molecule has 1 aromatic heterocycles. The molecule has 0 spiro atoms. The number of ether oxygens (including phenoxy) is 1. The molecule has 1 heterocycles. The van der Waals surface area contributed by atoms with Gasteiger partial charge in [-0.05, 0) is 6.07 Å². The molecule has 0 bridgehead atoms. The third-order valence-electron chi connectivity index (χ3n) is 0.877. The van der Waals surface area contributed by atoms with Gasteiger partial charge in [-0.2, -0.15) is 0 Å². The van der Waals surface area contributed by atoms with Crippen LogP contribution in [0.2, 0.25) is 0 Å². The van der Waals surface area contributed by atoms with E-state index in [0.717, 1.165) is 0 Å². The summed E-state index contributed by atoms with van der Waals surface area (Å²) in [6.45, 7) is 0. The van der Waals surface area contributed by atoms with Gasteiger partial charge >= 0.3 is 5.97 Å². The lowest BCUT2D eigenvalue weighted by Gasteiger charge is -1.88. The topological polar surface area (TPSA) is 39.4 Å². The maximum atomic E-state index is 10.6. The van der Waals surface area contributed by atoms with Crippen molar-refractivity contribution in [2.45, 2.75) is 0 Å². The van der Waals surface area contributed by atoms with Gasteiger partial charge in [0.2, 0.25) is 0 Å². The summed E-state index contributed by atoms with van der Waals surface area (Å²) >= 11 is 0. The van der Waals surface area contributed by atoms with Gasteiger partial charge in [0.25, 0.3) is 0 Å². The lowest BCUT2D eigenvalue weighted by molar-refractivity contribution is 0.0599. The van der Waals surface area contributed by atoms with Crippen molar-refractivity contribution in [3.05, 3.63) is 24.2 Å². The molecule has 0 unspecified atom stereocenters. The minimum absolute atomic E-state index is 0.317. The van der Waals surface area contributed by atoms with Crippen LogP contribution >= 0.6 is 0 Å². The van der Waals surface area contributed by atoms with Gasteiger partial charge in [0, 0.05) is 0 Å². The van der Waals surface area contributed by atoms with Crippen LogP contribution in [0.25, 0.3) is 0 Å². The van der Waals surface area contributed by atoms with Crippen LogP contribution in [0.5, 0.6) is 0 Å². The molecule has 0 aliphatic heterocycles. The number of furan rings is 1. The Morgan fingerprint density at radius 1 is 1.89 bits per heavy atom. The predicted octanol–water partition coefficient (Wildman–Crippen LogP) is 0.866. The molecule has 0 saturated carbocycles. The third-order valence-corrected chi connectivity index (χ3v) is 0.877. The van der Waals surface area contributed by atoms with Crippen LogP contribution in [0, 0.1) is 6.26 Å². The maximum absolute atomic E-state index is 10.6. The zero-order valence-corrected chi connectivity index (χ0v) is 4.88. The summed E-state index contributed by atoms with van der Waals surface area (Å²) in [5.41, 5.74) is 0.317. The molecule has 0 fully saturated rings. The molecule has 0 N–H and O–H groups in total. The number of carbonyl (C=O) groups is 1. The van der Waals surface area contributed by atoms with Crippen LogP contribution in [0.15, 0.2) is 16.7 Å².